The van der Waals surface area contributed by atoms with Gasteiger partial charge in [0, 0.05) is 11.1 Å². The third-order valence-electron chi connectivity index (χ3n) is 2.86. The van der Waals surface area contributed by atoms with E-state index in [2.05, 4.69) is 53.8 Å². The number of thiazole rings is 1. The Labute approximate surface area is 113 Å². The maximum absolute atomic E-state index is 4.63. The molecule has 0 fully saturated rings. The molecule has 0 amide bonds. The van der Waals surface area contributed by atoms with Gasteiger partial charge in [0.25, 0.3) is 0 Å². The van der Waals surface area contributed by atoms with Crippen molar-refractivity contribution in [1.82, 2.24) is 10.3 Å². The van der Waals surface area contributed by atoms with Crippen molar-refractivity contribution < 1.29 is 0 Å². The number of hydrogen-bond donors (Lipinski definition) is 1. The summed E-state index contributed by atoms with van der Waals surface area (Å²) in [5.41, 5.74) is 3.70. The van der Waals surface area contributed by atoms with Crippen LogP contribution in [0, 0.1) is 13.8 Å². The summed E-state index contributed by atoms with van der Waals surface area (Å²) >= 11 is 1.74. The standard InChI is InChI=1S/C15H20N2S/c1-4-8-16-14(15-17-12(3)10-18-15)13-7-5-6-11(2)9-13/h5-7,9-10,14,16H,4,8H2,1-3H3. The minimum absolute atomic E-state index is 0.226. The molecule has 0 aliphatic carbocycles. The molecule has 2 rings (SSSR count). The fraction of sp³-hybridized carbons (Fsp3) is 0.400. The van der Waals surface area contributed by atoms with E-state index in [-0.39, 0.29) is 6.04 Å². The zero-order valence-corrected chi connectivity index (χ0v) is 12.1. The van der Waals surface area contributed by atoms with Crippen molar-refractivity contribution in [3.63, 3.8) is 0 Å². The van der Waals surface area contributed by atoms with Crippen LogP contribution in [-0.4, -0.2) is 11.5 Å². The molecule has 0 saturated carbocycles. The molecule has 0 bridgehead atoms. The van der Waals surface area contributed by atoms with Gasteiger partial charge in [-0.3, -0.25) is 0 Å². The van der Waals surface area contributed by atoms with Gasteiger partial charge in [0.1, 0.15) is 5.01 Å². The number of aromatic nitrogens is 1. The molecule has 2 aromatic rings. The minimum atomic E-state index is 0.226. The first-order chi connectivity index (χ1) is 8.70. The average Bonchev–Trinajstić information content (AvgIpc) is 2.76. The lowest BCUT2D eigenvalue weighted by Gasteiger charge is -2.17. The summed E-state index contributed by atoms with van der Waals surface area (Å²) in [4.78, 5) is 4.63. The summed E-state index contributed by atoms with van der Waals surface area (Å²) in [6, 6.07) is 8.89. The van der Waals surface area contributed by atoms with Crippen LogP contribution in [0.15, 0.2) is 29.6 Å². The van der Waals surface area contributed by atoms with E-state index in [0.29, 0.717) is 0 Å². The predicted molar refractivity (Wildman–Crippen MR) is 78.2 cm³/mol. The van der Waals surface area contributed by atoms with Crippen molar-refractivity contribution in [3.05, 3.63) is 51.5 Å². The average molecular weight is 260 g/mol. The highest BCUT2D eigenvalue weighted by Gasteiger charge is 2.16. The van der Waals surface area contributed by atoms with Gasteiger partial charge in [0.2, 0.25) is 0 Å². The quantitative estimate of drug-likeness (QED) is 0.883. The molecule has 2 nitrogen and oxygen atoms in total. The van der Waals surface area contributed by atoms with Crippen LogP contribution in [-0.2, 0) is 0 Å². The number of nitrogens with zero attached hydrogens (tertiary/aromatic N) is 1. The van der Waals surface area contributed by atoms with Crippen molar-refractivity contribution in [2.45, 2.75) is 33.2 Å². The van der Waals surface area contributed by atoms with Crippen LogP contribution in [0.2, 0.25) is 0 Å². The van der Waals surface area contributed by atoms with Gasteiger partial charge in [-0.15, -0.1) is 11.3 Å². The Morgan fingerprint density at radius 2 is 2.17 bits per heavy atom. The van der Waals surface area contributed by atoms with Gasteiger partial charge in [-0.1, -0.05) is 36.8 Å². The smallest absolute Gasteiger partial charge is 0.114 e. The van der Waals surface area contributed by atoms with E-state index in [1.54, 1.807) is 11.3 Å². The van der Waals surface area contributed by atoms with Gasteiger partial charge in [-0.2, -0.15) is 0 Å². The molecule has 3 heteroatoms. The molecule has 1 heterocycles. The second kappa shape index (κ2) is 6.12. The highest BCUT2D eigenvalue weighted by molar-refractivity contribution is 7.09. The molecule has 96 valence electrons. The first kappa shape index (κ1) is 13.2. The topological polar surface area (TPSA) is 24.9 Å². The molecule has 1 unspecified atom stereocenters. The second-order valence-electron chi connectivity index (χ2n) is 4.63. The lowest BCUT2D eigenvalue weighted by Crippen LogP contribution is -2.23. The van der Waals surface area contributed by atoms with Crippen molar-refractivity contribution in [2.75, 3.05) is 6.54 Å². The molecule has 0 radical (unpaired) electrons. The Balaban J connectivity index is 2.30. The summed E-state index contributed by atoms with van der Waals surface area (Å²) < 4.78 is 0. The second-order valence-corrected chi connectivity index (χ2v) is 5.52. The van der Waals surface area contributed by atoms with Crippen LogP contribution in [0.3, 0.4) is 0 Å². The van der Waals surface area contributed by atoms with Crippen LogP contribution >= 0.6 is 11.3 Å². The van der Waals surface area contributed by atoms with E-state index < -0.39 is 0 Å². The van der Waals surface area contributed by atoms with Crippen LogP contribution in [0.25, 0.3) is 0 Å². The van der Waals surface area contributed by atoms with E-state index in [9.17, 15) is 0 Å². The fourth-order valence-corrected chi connectivity index (χ4v) is 2.89. The van der Waals surface area contributed by atoms with Gasteiger partial charge < -0.3 is 5.32 Å². The van der Waals surface area contributed by atoms with Gasteiger partial charge in [0.15, 0.2) is 0 Å². The number of benzene rings is 1. The van der Waals surface area contributed by atoms with Crippen molar-refractivity contribution >= 4 is 11.3 Å². The van der Waals surface area contributed by atoms with Gasteiger partial charge in [0.05, 0.1) is 6.04 Å². The Morgan fingerprint density at radius 3 is 2.78 bits per heavy atom. The maximum atomic E-state index is 4.63. The molecule has 0 spiro atoms. The largest absolute Gasteiger partial charge is 0.304 e. The molecular formula is C15H20N2S. The van der Waals surface area contributed by atoms with E-state index >= 15 is 0 Å². The summed E-state index contributed by atoms with van der Waals surface area (Å²) in [5.74, 6) is 0. The summed E-state index contributed by atoms with van der Waals surface area (Å²) in [6.45, 7) is 7.38. The summed E-state index contributed by atoms with van der Waals surface area (Å²) in [5, 5.41) is 6.87. The third-order valence-corrected chi connectivity index (χ3v) is 3.89. The lowest BCUT2D eigenvalue weighted by atomic mass is 10.0. The van der Waals surface area contributed by atoms with Crippen molar-refractivity contribution in [1.29, 1.82) is 0 Å². The summed E-state index contributed by atoms with van der Waals surface area (Å²) in [6.07, 6.45) is 1.13. The van der Waals surface area contributed by atoms with Crippen LogP contribution < -0.4 is 5.32 Å². The van der Waals surface area contributed by atoms with Crippen molar-refractivity contribution in [2.24, 2.45) is 0 Å². The Morgan fingerprint density at radius 1 is 1.33 bits per heavy atom. The third kappa shape index (κ3) is 3.18. The Bertz CT molecular complexity index is 505. The highest BCUT2D eigenvalue weighted by atomic mass is 32.1. The summed E-state index contributed by atoms with van der Waals surface area (Å²) in [7, 11) is 0. The zero-order chi connectivity index (χ0) is 13.0. The minimum Gasteiger partial charge on any atom is -0.304 e. The number of rotatable bonds is 5. The molecule has 18 heavy (non-hydrogen) atoms. The first-order valence-electron chi connectivity index (χ1n) is 6.42. The lowest BCUT2D eigenvalue weighted by molar-refractivity contribution is 0.595. The number of aryl methyl sites for hydroxylation is 2. The maximum Gasteiger partial charge on any atom is 0.114 e. The van der Waals surface area contributed by atoms with Crippen LogP contribution in [0.1, 0.15) is 41.2 Å². The molecule has 0 aliphatic rings. The monoisotopic (exact) mass is 260 g/mol. The molecule has 1 atom stereocenters. The van der Waals surface area contributed by atoms with Gasteiger partial charge >= 0.3 is 0 Å². The molecule has 1 aromatic heterocycles. The molecule has 1 aromatic carbocycles. The molecule has 0 saturated heterocycles. The van der Waals surface area contributed by atoms with Crippen LogP contribution in [0.5, 0.6) is 0 Å². The number of hydrogen-bond acceptors (Lipinski definition) is 3. The van der Waals surface area contributed by atoms with Gasteiger partial charge in [-0.05, 0) is 32.4 Å². The highest BCUT2D eigenvalue weighted by Crippen LogP contribution is 2.25. The molecule has 1 N–H and O–H groups in total. The first-order valence-corrected chi connectivity index (χ1v) is 7.30. The van der Waals surface area contributed by atoms with Gasteiger partial charge in [-0.25, -0.2) is 4.98 Å². The van der Waals surface area contributed by atoms with E-state index in [4.69, 9.17) is 0 Å². The zero-order valence-electron chi connectivity index (χ0n) is 11.2. The SMILES string of the molecule is CCCNC(c1cccc(C)c1)c1nc(C)cs1. The Kier molecular flexibility index (Phi) is 4.50. The Hall–Kier alpha value is -1.19. The van der Waals surface area contributed by atoms with Crippen molar-refractivity contribution in [3.8, 4) is 0 Å². The van der Waals surface area contributed by atoms with E-state index in [1.807, 2.05) is 6.92 Å². The van der Waals surface area contributed by atoms with E-state index in [1.165, 1.54) is 11.1 Å². The molecule has 0 aliphatic heterocycles. The van der Waals surface area contributed by atoms with Crippen LogP contribution in [0.4, 0.5) is 0 Å². The molecular weight excluding hydrogens is 240 g/mol. The van der Waals surface area contributed by atoms with E-state index in [0.717, 1.165) is 23.7 Å². The number of nitrogens with one attached hydrogen (secondary N) is 1. The predicted octanol–water partition coefficient (Wildman–Crippen LogP) is 3.85. The fourth-order valence-electron chi connectivity index (χ4n) is 1.99. The normalized spacial score (nSPS) is 12.6.